The Labute approximate surface area is 123 Å². The smallest absolute Gasteiger partial charge is 0.329 e. The molecule has 0 atom stereocenters. The highest BCUT2D eigenvalue weighted by Crippen LogP contribution is 2.32. The Kier molecular flexibility index (Phi) is 2.85. The summed E-state index contributed by atoms with van der Waals surface area (Å²) in [5.74, 6) is 0.603. The zero-order valence-electron chi connectivity index (χ0n) is 11.3. The number of hydrogen-bond acceptors (Lipinski definition) is 4. The van der Waals surface area contributed by atoms with Gasteiger partial charge in [-0.1, -0.05) is 0 Å². The van der Waals surface area contributed by atoms with Crippen LogP contribution in [0.25, 0.3) is 10.2 Å². The number of nitrogens with one attached hydrogen (secondary N) is 1. The van der Waals surface area contributed by atoms with Crippen molar-refractivity contribution in [2.24, 2.45) is 0 Å². The summed E-state index contributed by atoms with van der Waals surface area (Å²) in [4.78, 5) is 29.7. The number of thiophene rings is 1. The number of H-pyrrole nitrogens is 1. The van der Waals surface area contributed by atoms with Crippen LogP contribution in [0.15, 0.2) is 32.4 Å². The van der Waals surface area contributed by atoms with Crippen molar-refractivity contribution in [2.75, 3.05) is 0 Å². The predicted molar refractivity (Wildman–Crippen MR) is 81.2 cm³/mol. The van der Waals surface area contributed by atoms with Gasteiger partial charge in [-0.3, -0.25) is 14.3 Å². The second kappa shape index (κ2) is 4.73. The number of hydrogen-bond donors (Lipinski definition) is 1. The lowest BCUT2D eigenvalue weighted by Crippen LogP contribution is -2.35. The maximum atomic E-state index is 12.7. The van der Waals surface area contributed by atoms with Crippen LogP contribution < -0.4 is 11.2 Å². The van der Waals surface area contributed by atoms with Crippen LogP contribution in [-0.2, 0) is 19.4 Å². The molecule has 5 nitrogen and oxygen atoms in total. The quantitative estimate of drug-likeness (QED) is 0.789. The lowest BCUT2D eigenvalue weighted by Gasteiger charge is -2.10. The number of fused-ring (bicyclic) bond motifs is 3. The van der Waals surface area contributed by atoms with Gasteiger partial charge in [-0.05, 0) is 43.4 Å². The number of furan rings is 1. The lowest BCUT2D eigenvalue weighted by molar-refractivity contribution is 0.485. The van der Waals surface area contributed by atoms with Crippen molar-refractivity contribution in [1.29, 1.82) is 0 Å². The molecule has 0 spiro atoms. The normalized spacial score (nSPS) is 14.5. The molecule has 0 fully saturated rings. The standard InChI is InChI=1S/C15H14N2O3S/c18-14-12-10-5-1-2-6-11(10)21-13(12)16-15(19)17(14)8-9-4-3-7-20-9/h3-4,7H,1-2,5-6,8H2,(H,16,19). The molecule has 3 aromatic rings. The molecule has 0 saturated carbocycles. The fourth-order valence-electron chi connectivity index (χ4n) is 2.97. The summed E-state index contributed by atoms with van der Waals surface area (Å²) in [6, 6.07) is 3.51. The first kappa shape index (κ1) is 12.6. The molecule has 0 saturated heterocycles. The maximum absolute atomic E-state index is 12.7. The van der Waals surface area contributed by atoms with E-state index in [-0.39, 0.29) is 17.8 Å². The van der Waals surface area contributed by atoms with Gasteiger partial charge in [0.05, 0.1) is 18.2 Å². The molecular weight excluding hydrogens is 288 g/mol. The SMILES string of the molecule is O=c1[nH]c2sc3c(c2c(=O)n1Cc1ccco1)CCCC3. The molecule has 21 heavy (non-hydrogen) atoms. The van der Waals surface area contributed by atoms with E-state index in [0.717, 1.165) is 31.2 Å². The van der Waals surface area contributed by atoms with Gasteiger partial charge < -0.3 is 4.42 Å². The van der Waals surface area contributed by atoms with Gasteiger partial charge in [0.15, 0.2) is 0 Å². The van der Waals surface area contributed by atoms with Gasteiger partial charge in [0, 0.05) is 4.88 Å². The van der Waals surface area contributed by atoms with Crippen LogP contribution in [0.3, 0.4) is 0 Å². The van der Waals surface area contributed by atoms with E-state index in [4.69, 9.17) is 4.42 Å². The molecule has 3 aromatic heterocycles. The molecule has 4 rings (SSSR count). The van der Waals surface area contributed by atoms with Crippen LogP contribution >= 0.6 is 11.3 Å². The molecule has 3 heterocycles. The van der Waals surface area contributed by atoms with E-state index in [9.17, 15) is 9.59 Å². The van der Waals surface area contributed by atoms with Crippen LogP contribution in [-0.4, -0.2) is 9.55 Å². The summed E-state index contributed by atoms with van der Waals surface area (Å²) in [5, 5.41) is 0.695. The minimum atomic E-state index is -0.373. The number of aryl methyl sites for hydroxylation is 2. The van der Waals surface area contributed by atoms with Gasteiger partial charge >= 0.3 is 5.69 Å². The van der Waals surface area contributed by atoms with Crippen molar-refractivity contribution in [3.63, 3.8) is 0 Å². The Morgan fingerprint density at radius 2 is 2.14 bits per heavy atom. The fourth-order valence-corrected chi connectivity index (χ4v) is 4.24. The minimum Gasteiger partial charge on any atom is -0.467 e. The summed E-state index contributed by atoms with van der Waals surface area (Å²) in [6.45, 7) is 0.168. The molecule has 0 aromatic carbocycles. The Morgan fingerprint density at radius 1 is 1.29 bits per heavy atom. The molecule has 1 N–H and O–H groups in total. The molecule has 0 unspecified atom stereocenters. The van der Waals surface area contributed by atoms with Gasteiger partial charge in [-0.2, -0.15) is 0 Å². The third-order valence-corrected chi connectivity index (χ3v) is 5.20. The summed E-state index contributed by atoms with van der Waals surface area (Å²) in [7, 11) is 0. The Bertz CT molecular complexity index is 915. The third kappa shape index (κ3) is 1.98. The molecular formula is C15H14N2O3S. The van der Waals surface area contributed by atoms with Crippen molar-refractivity contribution in [1.82, 2.24) is 9.55 Å². The summed E-state index contributed by atoms with van der Waals surface area (Å²) >= 11 is 1.55. The zero-order chi connectivity index (χ0) is 14.4. The first-order chi connectivity index (χ1) is 10.2. The van der Waals surface area contributed by atoms with Crippen LogP contribution in [0.1, 0.15) is 29.0 Å². The van der Waals surface area contributed by atoms with Gasteiger partial charge in [0.25, 0.3) is 5.56 Å². The zero-order valence-corrected chi connectivity index (χ0v) is 12.2. The van der Waals surface area contributed by atoms with E-state index >= 15 is 0 Å². The highest BCUT2D eigenvalue weighted by molar-refractivity contribution is 7.18. The summed E-state index contributed by atoms with van der Waals surface area (Å²) in [6.07, 6.45) is 5.74. The van der Waals surface area contributed by atoms with Crippen LogP contribution in [0.4, 0.5) is 0 Å². The third-order valence-electron chi connectivity index (χ3n) is 3.99. The lowest BCUT2D eigenvalue weighted by atomic mass is 9.97. The molecule has 108 valence electrons. The Balaban J connectivity index is 1.95. The highest BCUT2D eigenvalue weighted by Gasteiger charge is 2.20. The molecule has 6 heteroatoms. The van der Waals surface area contributed by atoms with Crippen molar-refractivity contribution < 1.29 is 4.42 Å². The molecule has 0 bridgehead atoms. The average Bonchev–Trinajstić information content (AvgIpc) is 3.10. The predicted octanol–water partition coefficient (Wildman–Crippen LogP) is 2.27. The Morgan fingerprint density at radius 3 is 2.95 bits per heavy atom. The molecule has 1 aliphatic rings. The maximum Gasteiger partial charge on any atom is 0.329 e. The van der Waals surface area contributed by atoms with Gasteiger partial charge in [-0.15, -0.1) is 11.3 Å². The minimum absolute atomic E-state index is 0.168. The van der Waals surface area contributed by atoms with Gasteiger partial charge in [0.1, 0.15) is 10.6 Å². The number of rotatable bonds is 2. The summed E-state index contributed by atoms with van der Waals surface area (Å²) in [5.41, 5.74) is 0.558. The van der Waals surface area contributed by atoms with Crippen molar-refractivity contribution in [2.45, 2.75) is 32.2 Å². The van der Waals surface area contributed by atoms with Crippen LogP contribution in [0, 0.1) is 0 Å². The van der Waals surface area contributed by atoms with Crippen molar-refractivity contribution in [3.8, 4) is 0 Å². The largest absolute Gasteiger partial charge is 0.467 e. The topological polar surface area (TPSA) is 68.0 Å². The van der Waals surface area contributed by atoms with E-state index in [1.165, 1.54) is 9.44 Å². The second-order valence-corrected chi connectivity index (χ2v) is 6.42. The fraction of sp³-hybridized carbons (Fsp3) is 0.333. The summed E-state index contributed by atoms with van der Waals surface area (Å²) < 4.78 is 6.47. The van der Waals surface area contributed by atoms with E-state index < -0.39 is 0 Å². The van der Waals surface area contributed by atoms with E-state index in [0.29, 0.717) is 16.0 Å². The highest BCUT2D eigenvalue weighted by atomic mass is 32.1. The monoisotopic (exact) mass is 302 g/mol. The van der Waals surface area contributed by atoms with E-state index in [2.05, 4.69) is 4.98 Å². The van der Waals surface area contributed by atoms with E-state index in [1.54, 1.807) is 29.7 Å². The van der Waals surface area contributed by atoms with Crippen LogP contribution in [0.2, 0.25) is 0 Å². The molecule has 0 radical (unpaired) electrons. The van der Waals surface area contributed by atoms with Gasteiger partial charge in [0.2, 0.25) is 0 Å². The second-order valence-electron chi connectivity index (χ2n) is 5.32. The molecule has 0 amide bonds. The first-order valence-corrected chi connectivity index (χ1v) is 7.85. The van der Waals surface area contributed by atoms with E-state index in [1.807, 2.05) is 0 Å². The van der Waals surface area contributed by atoms with Gasteiger partial charge in [-0.25, -0.2) is 4.79 Å². The first-order valence-electron chi connectivity index (χ1n) is 7.04. The number of aromatic nitrogens is 2. The Hall–Kier alpha value is -2.08. The number of nitrogens with zero attached hydrogens (tertiary/aromatic N) is 1. The van der Waals surface area contributed by atoms with Crippen LogP contribution in [0.5, 0.6) is 0 Å². The van der Waals surface area contributed by atoms with Crippen molar-refractivity contribution >= 4 is 21.6 Å². The number of aromatic amines is 1. The van der Waals surface area contributed by atoms with Crippen molar-refractivity contribution in [3.05, 3.63) is 55.4 Å². The molecule has 1 aliphatic carbocycles. The molecule has 0 aliphatic heterocycles. The average molecular weight is 302 g/mol.